The van der Waals surface area contributed by atoms with Gasteiger partial charge in [-0.25, -0.2) is 0 Å². The lowest BCUT2D eigenvalue weighted by molar-refractivity contribution is -0.150. The molecule has 0 saturated carbocycles. The van der Waals surface area contributed by atoms with E-state index in [0.717, 1.165) is 59.5 Å². The standard InChI is InChI=1S/C22H26ClN3O2/c1-13-7-16(23)9-17-19(5-6-24-22(13)17)25-10-14-8-15(11-25)20(12-27)26-18(14)3-2-4-21(26)28/h5-7,9,14-15,18,20,27H,2-4,8,10-12H2,1H3/t14-,15+,18+,20+/m1/s1. The second-order valence-electron chi connectivity index (χ2n) is 8.62. The Balaban J connectivity index is 1.54. The molecule has 5 rings (SSSR count). The highest BCUT2D eigenvalue weighted by molar-refractivity contribution is 6.31. The highest BCUT2D eigenvalue weighted by atomic mass is 35.5. The van der Waals surface area contributed by atoms with Crippen molar-refractivity contribution in [2.24, 2.45) is 11.8 Å². The van der Waals surface area contributed by atoms with E-state index >= 15 is 0 Å². The van der Waals surface area contributed by atoms with Gasteiger partial charge in [-0.05, 0) is 61.8 Å². The van der Waals surface area contributed by atoms with E-state index in [1.165, 1.54) is 0 Å². The molecule has 3 saturated heterocycles. The number of carbonyl (C=O) groups excluding carboxylic acids is 1. The lowest BCUT2D eigenvalue weighted by Gasteiger charge is -2.56. The summed E-state index contributed by atoms with van der Waals surface area (Å²) in [6.07, 6.45) is 5.62. The van der Waals surface area contributed by atoms with Crippen LogP contribution in [-0.2, 0) is 4.79 Å². The van der Waals surface area contributed by atoms with E-state index in [9.17, 15) is 9.90 Å². The van der Waals surface area contributed by atoms with Crippen molar-refractivity contribution in [3.05, 3.63) is 35.0 Å². The minimum Gasteiger partial charge on any atom is -0.394 e. The Labute approximate surface area is 170 Å². The van der Waals surface area contributed by atoms with E-state index in [1.807, 2.05) is 30.2 Å². The zero-order valence-corrected chi connectivity index (χ0v) is 16.9. The fourth-order valence-electron chi connectivity index (χ4n) is 5.86. The molecule has 4 atom stereocenters. The van der Waals surface area contributed by atoms with E-state index in [1.54, 1.807) is 0 Å². The van der Waals surface area contributed by atoms with Gasteiger partial charge in [-0.1, -0.05) is 11.6 Å². The van der Waals surface area contributed by atoms with Crippen molar-refractivity contribution in [2.75, 3.05) is 24.6 Å². The molecule has 0 unspecified atom stereocenters. The Morgan fingerprint density at radius 1 is 1.29 bits per heavy atom. The van der Waals surface area contributed by atoms with Gasteiger partial charge in [-0.3, -0.25) is 9.78 Å². The van der Waals surface area contributed by atoms with Crippen LogP contribution in [0.5, 0.6) is 0 Å². The summed E-state index contributed by atoms with van der Waals surface area (Å²) >= 11 is 6.36. The molecule has 28 heavy (non-hydrogen) atoms. The molecule has 0 spiro atoms. The van der Waals surface area contributed by atoms with Gasteiger partial charge in [0, 0.05) is 47.8 Å². The molecule has 3 aliphatic rings. The van der Waals surface area contributed by atoms with Crippen molar-refractivity contribution < 1.29 is 9.90 Å². The number of rotatable bonds is 2. The topological polar surface area (TPSA) is 56.7 Å². The van der Waals surface area contributed by atoms with Crippen LogP contribution < -0.4 is 4.90 Å². The third-order valence-electron chi connectivity index (χ3n) is 7.00. The van der Waals surface area contributed by atoms with Gasteiger partial charge in [0.1, 0.15) is 0 Å². The zero-order chi connectivity index (χ0) is 19.4. The molecule has 3 aliphatic heterocycles. The predicted molar refractivity (Wildman–Crippen MR) is 111 cm³/mol. The van der Waals surface area contributed by atoms with Gasteiger partial charge in [0.2, 0.25) is 5.91 Å². The lowest BCUT2D eigenvalue weighted by Crippen LogP contribution is -2.66. The number of nitrogens with zero attached hydrogens (tertiary/aromatic N) is 3. The summed E-state index contributed by atoms with van der Waals surface area (Å²) in [7, 11) is 0. The number of halogens is 1. The van der Waals surface area contributed by atoms with Gasteiger partial charge in [0.25, 0.3) is 0 Å². The van der Waals surface area contributed by atoms with Crippen molar-refractivity contribution >= 4 is 34.1 Å². The van der Waals surface area contributed by atoms with Crippen molar-refractivity contribution in [3.63, 3.8) is 0 Å². The number of hydrogen-bond acceptors (Lipinski definition) is 4. The first-order chi connectivity index (χ1) is 13.6. The minimum absolute atomic E-state index is 0.0511. The van der Waals surface area contributed by atoms with Crippen molar-refractivity contribution in [3.8, 4) is 0 Å². The SMILES string of the molecule is Cc1cc(Cl)cc2c(N3C[C@H]4C[C@@H](C3)[C@H](CO)N3C(=O)CCC[C@@H]43)ccnc12. The Morgan fingerprint density at radius 2 is 2.11 bits per heavy atom. The highest BCUT2D eigenvalue weighted by Crippen LogP contribution is 2.43. The maximum atomic E-state index is 12.6. The van der Waals surface area contributed by atoms with Crippen LogP contribution in [0.3, 0.4) is 0 Å². The number of anilines is 1. The second kappa shape index (κ2) is 6.89. The highest BCUT2D eigenvalue weighted by Gasteiger charge is 2.49. The molecule has 2 bridgehead atoms. The molecular weight excluding hydrogens is 374 g/mol. The van der Waals surface area contributed by atoms with Gasteiger partial charge >= 0.3 is 0 Å². The molecule has 148 valence electrons. The number of aliphatic hydroxyl groups is 1. The van der Waals surface area contributed by atoms with Crippen LogP contribution in [0.4, 0.5) is 5.69 Å². The van der Waals surface area contributed by atoms with Crippen LogP contribution >= 0.6 is 11.6 Å². The number of fused-ring (bicyclic) bond motifs is 5. The van der Waals surface area contributed by atoms with Gasteiger partial charge in [0.15, 0.2) is 0 Å². The largest absolute Gasteiger partial charge is 0.394 e. The maximum absolute atomic E-state index is 12.6. The number of carbonyl (C=O) groups is 1. The van der Waals surface area contributed by atoms with Crippen LogP contribution in [0.2, 0.25) is 5.02 Å². The summed E-state index contributed by atoms with van der Waals surface area (Å²) in [4.78, 5) is 21.7. The van der Waals surface area contributed by atoms with Crippen molar-refractivity contribution in [2.45, 2.75) is 44.7 Å². The van der Waals surface area contributed by atoms with Crippen LogP contribution in [0.25, 0.3) is 10.9 Å². The Bertz CT molecular complexity index is 919. The van der Waals surface area contributed by atoms with Crippen LogP contribution in [0.1, 0.15) is 31.2 Å². The first-order valence-corrected chi connectivity index (χ1v) is 10.7. The number of aryl methyl sites for hydroxylation is 1. The molecule has 2 aromatic rings. The zero-order valence-electron chi connectivity index (χ0n) is 16.1. The fourth-order valence-corrected chi connectivity index (χ4v) is 6.13. The lowest BCUT2D eigenvalue weighted by atomic mass is 9.72. The first kappa shape index (κ1) is 18.2. The van der Waals surface area contributed by atoms with Gasteiger partial charge in [0.05, 0.1) is 18.2 Å². The number of benzene rings is 1. The van der Waals surface area contributed by atoms with Gasteiger partial charge < -0.3 is 14.9 Å². The third-order valence-corrected chi connectivity index (χ3v) is 7.22. The molecule has 4 heterocycles. The van der Waals surface area contributed by atoms with E-state index in [-0.39, 0.29) is 24.6 Å². The Hall–Kier alpha value is -1.85. The number of piperidine rings is 3. The molecular formula is C22H26ClN3O2. The van der Waals surface area contributed by atoms with Gasteiger partial charge in [-0.15, -0.1) is 0 Å². The summed E-state index contributed by atoms with van der Waals surface area (Å²) in [6, 6.07) is 6.25. The number of aromatic nitrogens is 1. The average molecular weight is 400 g/mol. The third kappa shape index (κ3) is 2.79. The average Bonchev–Trinajstić information content (AvgIpc) is 2.68. The molecule has 3 fully saturated rings. The summed E-state index contributed by atoms with van der Waals surface area (Å²) < 4.78 is 0. The van der Waals surface area contributed by atoms with Gasteiger partial charge in [-0.2, -0.15) is 0 Å². The molecule has 1 aromatic heterocycles. The summed E-state index contributed by atoms with van der Waals surface area (Å²) in [5, 5.41) is 11.9. The molecule has 0 aliphatic carbocycles. The number of pyridine rings is 1. The molecule has 0 radical (unpaired) electrons. The Kier molecular flexibility index (Phi) is 4.48. The Morgan fingerprint density at radius 3 is 2.93 bits per heavy atom. The fraction of sp³-hybridized carbons (Fsp3) is 0.545. The van der Waals surface area contributed by atoms with Crippen molar-refractivity contribution in [1.29, 1.82) is 0 Å². The maximum Gasteiger partial charge on any atom is 0.223 e. The van der Waals surface area contributed by atoms with Crippen molar-refractivity contribution in [1.82, 2.24) is 9.88 Å². The molecule has 1 amide bonds. The number of amides is 1. The summed E-state index contributed by atoms with van der Waals surface area (Å²) in [6.45, 7) is 3.88. The quantitative estimate of drug-likeness (QED) is 0.840. The second-order valence-corrected chi connectivity index (χ2v) is 9.06. The summed E-state index contributed by atoms with van der Waals surface area (Å²) in [5.74, 6) is 0.982. The smallest absolute Gasteiger partial charge is 0.223 e. The molecule has 5 nitrogen and oxygen atoms in total. The monoisotopic (exact) mass is 399 g/mol. The van der Waals surface area contributed by atoms with E-state index in [0.29, 0.717) is 18.3 Å². The minimum atomic E-state index is -0.0599. The molecule has 6 heteroatoms. The summed E-state index contributed by atoms with van der Waals surface area (Å²) in [5.41, 5.74) is 3.24. The number of hydrogen-bond donors (Lipinski definition) is 1. The van der Waals surface area contributed by atoms with E-state index in [2.05, 4.69) is 16.0 Å². The molecule has 1 aromatic carbocycles. The predicted octanol–water partition coefficient (Wildman–Crippen LogP) is 3.39. The normalized spacial score (nSPS) is 29.9. The first-order valence-electron chi connectivity index (χ1n) is 10.3. The van der Waals surface area contributed by atoms with E-state index in [4.69, 9.17) is 11.6 Å². The number of aliphatic hydroxyl groups excluding tert-OH is 1. The van der Waals surface area contributed by atoms with E-state index < -0.39 is 0 Å². The van der Waals surface area contributed by atoms with Crippen LogP contribution in [-0.4, -0.2) is 52.7 Å². The van der Waals surface area contributed by atoms with Crippen LogP contribution in [0.15, 0.2) is 24.4 Å². The van der Waals surface area contributed by atoms with Crippen LogP contribution in [0, 0.1) is 18.8 Å². The molecule has 1 N–H and O–H groups in total.